The molecular formula is C22H18FN3O2. The topological polar surface area (TPSA) is 62.3 Å². The Hall–Kier alpha value is -3.54. The molecular weight excluding hydrogens is 357 g/mol. The Labute approximate surface area is 161 Å². The maximum absolute atomic E-state index is 13.2. The third kappa shape index (κ3) is 3.49. The van der Waals surface area contributed by atoms with E-state index in [1.54, 1.807) is 48.8 Å². The number of aromatic nitrogens is 1. The fourth-order valence-corrected chi connectivity index (χ4v) is 3.39. The molecule has 3 aromatic rings. The molecule has 4 rings (SSSR count). The van der Waals surface area contributed by atoms with E-state index >= 15 is 0 Å². The second-order valence-corrected chi connectivity index (χ2v) is 6.63. The third-order valence-electron chi connectivity index (χ3n) is 4.76. The lowest BCUT2D eigenvalue weighted by Crippen LogP contribution is -2.38. The van der Waals surface area contributed by atoms with E-state index in [1.165, 1.54) is 17.0 Å². The Morgan fingerprint density at radius 1 is 1.04 bits per heavy atom. The van der Waals surface area contributed by atoms with Gasteiger partial charge in [-0.25, -0.2) is 4.39 Å². The molecule has 1 N–H and O–H groups in total. The van der Waals surface area contributed by atoms with Crippen LogP contribution in [0.15, 0.2) is 73.1 Å². The molecule has 0 saturated heterocycles. The van der Waals surface area contributed by atoms with Crippen LogP contribution in [0.25, 0.3) is 0 Å². The minimum Gasteiger partial charge on any atom is -0.350 e. The Morgan fingerprint density at radius 2 is 1.82 bits per heavy atom. The summed E-state index contributed by atoms with van der Waals surface area (Å²) in [5.41, 5.74) is 2.83. The first-order valence-corrected chi connectivity index (χ1v) is 8.94. The molecule has 1 aromatic heterocycles. The van der Waals surface area contributed by atoms with Crippen molar-refractivity contribution in [2.45, 2.75) is 19.1 Å². The molecule has 0 aliphatic carbocycles. The summed E-state index contributed by atoms with van der Waals surface area (Å²) in [4.78, 5) is 31.5. The number of carbonyl (C=O) groups is 2. The number of nitrogens with one attached hydrogen (secondary N) is 1. The summed E-state index contributed by atoms with van der Waals surface area (Å²) >= 11 is 0. The standard InChI is InChI=1S/C22H18FN3O2/c23-17-9-7-15(8-10-17)14-26-20(18-5-1-2-6-19(18)22(26)28)21(27)25-13-16-4-3-11-24-12-16/h1-12,20H,13-14H2,(H,25,27)/t20-/m0/s1. The van der Waals surface area contributed by atoms with Crippen molar-refractivity contribution >= 4 is 11.8 Å². The van der Waals surface area contributed by atoms with Crippen molar-refractivity contribution in [3.63, 3.8) is 0 Å². The summed E-state index contributed by atoms with van der Waals surface area (Å²) in [6, 6.07) is 16.0. The molecule has 1 aliphatic rings. The Morgan fingerprint density at radius 3 is 2.57 bits per heavy atom. The highest BCUT2D eigenvalue weighted by atomic mass is 19.1. The van der Waals surface area contributed by atoms with Gasteiger partial charge in [0, 0.05) is 31.0 Å². The van der Waals surface area contributed by atoms with Crippen molar-refractivity contribution in [3.8, 4) is 0 Å². The average Bonchev–Trinajstić information content (AvgIpc) is 3.01. The first-order chi connectivity index (χ1) is 13.6. The third-order valence-corrected chi connectivity index (χ3v) is 4.76. The number of nitrogens with zero attached hydrogens (tertiary/aromatic N) is 2. The lowest BCUT2D eigenvalue weighted by atomic mass is 10.0. The molecule has 0 saturated carbocycles. The quantitative estimate of drug-likeness (QED) is 0.745. The molecule has 6 heteroatoms. The zero-order valence-corrected chi connectivity index (χ0v) is 15.0. The smallest absolute Gasteiger partial charge is 0.255 e. The van der Waals surface area contributed by atoms with E-state index in [-0.39, 0.29) is 24.2 Å². The zero-order valence-electron chi connectivity index (χ0n) is 15.0. The Bertz CT molecular complexity index is 1010. The second kappa shape index (κ2) is 7.60. The van der Waals surface area contributed by atoms with Crippen LogP contribution < -0.4 is 5.32 Å². The van der Waals surface area contributed by atoms with Crippen molar-refractivity contribution < 1.29 is 14.0 Å². The van der Waals surface area contributed by atoms with E-state index in [2.05, 4.69) is 10.3 Å². The number of amides is 2. The van der Waals surface area contributed by atoms with Crippen LogP contribution in [0.3, 0.4) is 0 Å². The molecule has 0 unspecified atom stereocenters. The minimum atomic E-state index is -0.731. The molecule has 2 amide bonds. The molecule has 2 aromatic carbocycles. The summed E-state index contributed by atoms with van der Waals surface area (Å²) in [6.45, 7) is 0.544. The Balaban J connectivity index is 1.59. The summed E-state index contributed by atoms with van der Waals surface area (Å²) in [7, 11) is 0. The van der Waals surface area contributed by atoms with Crippen LogP contribution in [-0.4, -0.2) is 21.7 Å². The SMILES string of the molecule is O=C(NCc1cccnc1)[C@@H]1c2ccccc2C(=O)N1Cc1ccc(F)cc1. The first kappa shape index (κ1) is 17.9. The molecule has 5 nitrogen and oxygen atoms in total. The highest BCUT2D eigenvalue weighted by Crippen LogP contribution is 2.35. The van der Waals surface area contributed by atoms with Crippen molar-refractivity contribution in [3.05, 3.63) is 101 Å². The van der Waals surface area contributed by atoms with Gasteiger partial charge in [-0.3, -0.25) is 14.6 Å². The van der Waals surface area contributed by atoms with E-state index in [1.807, 2.05) is 12.1 Å². The predicted molar refractivity (Wildman–Crippen MR) is 102 cm³/mol. The number of rotatable bonds is 5. The lowest BCUT2D eigenvalue weighted by Gasteiger charge is -2.25. The van der Waals surface area contributed by atoms with E-state index in [0.29, 0.717) is 17.7 Å². The molecule has 0 spiro atoms. The maximum Gasteiger partial charge on any atom is 0.255 e. The molecule has 28 heavy (non-hydrogen) atoms. The van der Waals surface area contributed by atoms with Crippen LogP contribution in [0.2, 0.25) is 0 Å². The molecule has 0 radical (unpaired) electrons. The van der Waals surface area contributed by atoms with E-state index < -0.39 is 6.04 Å². The van der Waals surface area contributed by atoms with Crippen molar-refractivity contribution in [2.75, 3.05) is 0 Å². The van der Waals surface area contributed by atoms with Crippen molar-refractivity contribution in [1.82, 2.24) is 15.2 Å². The normalized spacial score (nSPS) is 15.4. The van der Waals surface area contributed by atoms with Gasteiger partial charge < -0.3 is 10.2 Å². The van der Waals surface area contributed by atoms with Crippen LogP contribution in [0.4, 0.5) is 4.39 Å². The molecule has 1 aliphatic heterocycles. The largest absolute Gasteiger partial charge is 0.350 e. The fraction of sp³-hybridized carbons (Fsp3) is 0.136. The average molecular weight is 375 g/mol. The maximum atomic E-state index is 13.2. The molecule has 1 atom stereocenters. The predicted octanol–water partition coefficient (Wildman–Crippen LogP) is 3.23. The second-order valence-electron chi connectivity index (χ2n) is 6.63. The molecule has 2 heterocycles. The van der Waals surface area contributed by atoms with Gasteiger partial charge in [0.2, 0.25) is 5.91 Å². The minimum absolute atomic E-state index is 0.207. The van der Waals surface area contributed by atoms with Crippen molar-refractivity contribution in [2.24, 2.45) is 0 Å². The number of pyridine rings is 1. The summed E-state index contributed by atoms with van der Waals surface area (Å²) in [5.74, 6) is -0.809. The molecule has 0 fully saturated rings. The highest BCUT2D eigenvalue weighted by molar-refractivity contribution is 6.04. The van der Waals surface area contributed by atoms with Crippen LogP contribution in [-0.2, 0) is 17.9 Å². The van der Waals surface area contributed by atoms with Gasteiger partial charge in [0.15, 0.2) is 0 Å². The van der Waals surface area contributed by atoms with Gasteiger partial charge in [0.05, 0.1) is 0 Å². The van der Waals surface area contributed by atoms with Gasteiger partial charge in [-0.1, -0.05) is 36.4 Å². The summed E-state index contributed by atoms with van der Waals surface area (Å²) < 4.78 is 13.2. The number of hydrogen-bond acceptors (Lipinski definition) is 3. The van der Waals surface area contributed by atoms with E-state index in [4.69, 9.17) is 0 Å². The highest BCUT2D eigenvalue weighted by Gasteiger charge is 2.40. The Kier molecular flexibility index (Phi) is 4.85. The number of halogens is 1. The monoisotopic (exact) mass is 375 g/mol. The van der Waals surface area contributed by atoms with E-state index in [0.717, 1.165) is 11.1 Å². The van der Waals surface area contributed by atoms with Gasteiger partial charge in [-0.05, 0) is 41.0 Å². The number of benzene rings is 2. The number of carbonyl (C=O) groups excluding carboxylic acids is 2. The van der Waals surface area contributed by atoms with Gasteiger partial charge in [0.1, 0.15) is 11.9 Å². The van der Waals surface area contributed by atoms with E-state index in [9.17, 15) is 14.0 Å². The molecule has 0 bridgehead atoms. The van der Waals surface area contributed by atoms with Crippen LogP contribution in [0, 0.1) is 5.82 Å². The van der Waals surface area contributed by atoms with Gasteiger partial charge in [-0.15, -0.1) is 0 Å². The molecule has 140 valence electrons. The number of fused-ring (bicyclic) bond motifs is 1. The van der Waals surface area contributed by atoms with Gasteiger partial charge in [-0.2, -0.15) is 0 Å². The van der Waals surface area contributed by atoms with Crippen LogP contribution >= 0.6 is 0 Å². The van der Waals surface area contributed by atoms with Crippen LogP contribution in [0.1, 0.15) is 33.1 Å². The first-order valence-electron chi connectivity index (χ1n) is 8.94. The summed E-state index contributed by atoms with van der Waals surface area (Å²) in [6.07, 6.45) is 3.35. The fourth-order valence-electron chi connectivity index (χ4n) is 3.39. The van der Waals surface area contributed by atoms with Gasteiger partial charge >= 0.3 is 0 Å². The summed E-state index contributed by atoms with van der Waals surface area (Å²) in [5, 5.41) is 2.89. The zero-order chi connectivity index (χ0) is 19.5. The van der Waals surface area contributed by atoms with Crippen molar-refractivity contribution in [1.29, 1.82) is 0 Å². The number of hydrogen-bond donors (Lipinski definition) is 1. The van der Waals surface area contributed by atoms with Crippen LogP contribution in [0.5, 0.6) is 0 Å². The lowest BCUT2D eigenvalue weighted by molar-refractivity contribution is -0.125. The van der Waals surface area contributed by atoms with Gasteiger partial charge in [0.25, 0.3) is 5.91 Å².